The Balaban J connectivity index is 2.10. The molecule has 0 saturated carbocycles. The zero-order valence-electron chi connectivity index (χ0n) is 12.1. The van der Waals surface area contributed by atoms with Crippen LogP contribution in [-0.2, 0) is 0 Å². The summed E-state index contributed by atoms with van der Waals surface area (Å²) in [5.74, 6) is 1.73. The topological polar surface area (TPSA) is 19.4 Å². The minimum Gasteiger partial charge on any atom is -0.354 e. The zero-order valence-corrected chi connectivity index (χ0v) is 12.1. The van der Waals surface area contributed by atoms with Crippen LogP contribution in [0.3, 0.4) is 0 Å². The highest BCUT2D eigenvalue weighted by Gasteiger charge is 2.18. The van der Waals surface area contributed by atoms with E-state index >= 15 is 0 Å². The summed E-state index contributed by atoms with van der Waals surface area (Å²) in [6.07, 6.45) is 2.04. The summed E-state index contributed by atoms with van der Waals surface area (Å²) in [6, 6.07) is 2.29. The molecule has 3 heteroatoms. The van der Waals surface area contributed by atoms with Gasteiger partial charge in [0, 0.05) is 32.4 Å². The fourth-order valence-electron chi connectivity index (χ4n) is 2.51. The quantitative estimate of drug-likeness (QED) is 0.818. The lowest BCUT2D eigenvalue weighted by Crippen LogP contribution is -2.46. The van der Waals surface area contributed by atoms with Crippen molar-refractivity contribution in [3.05, 3.63) is 23.4 Å². The van der Waals surface area contributed by atoms with E-state index in [-0.39, 0.29) is 0 Å². The minimum absolute atomic E-state index is 0.558. The first kappa shape index (κ1) is 13.3. The van der Waals surface area contributed by atoms with Gasteiger partial charge < -0.3 is 9.80 Å². The third-order valence-corrected chi connectivity index (χ3v) is 3.86. The third-order valence-electron chi connectivity index (χ3n) is 3.86. The van der Waals surface area contributed by atoms with Crippen molar-refractivity contribution in [1.82, 2.24) is 9.88 Å². The summed E-state index contributed by atoms with van der Waals surface area (Å²) in [5.41, 5.74) is 2.65. The van der Waals surface area contributed by atoms with Crippen LogP contribution in [0, 0.1) is 6.92 Å². The molecule has 2 rings (SSSR count). The molecule has 0 spiro atoms. The minimum atomic E-state index is 0.558. The van der Waals surface area contributed by atoms with Crippen molar-refractivity contribution in [3.63, 3.8) is 0 Å². The molecule has 0 atom stereocenters. The lowest BCUT2D eigenvalue weighted by molar-refractivity contribution is 0.270. The van der Waals surface area contributed by atoms with Crippen molar-refractivity contribution < 1.29 is 0 Å². The Labute approximate surface area is 111 Å². The Kier molecular flexibility index (Phi) is 4.23. The van der Waals surface area contributed by atoms with Gasteiger partial charge in [-0.2, -0.15) is 0 Å². The first-order valence-corrected chi connectivity index (χ1v) is 7.05. The summed E-state index contributed by atoms with van der Waals surface area (Å²) in [7, 11) is 0. The normalized spacial score (nSPS) is 17.5. The number of rotatable bonds is 3. The average molecular weight is 247 g/mol. The fourth-order valence-corrected chi connectivity index (χ4v) is 2.51. The van der Waals surface area contributed by atoms with E-state index in [0.717, 1.165) is 32.7 Å². The molecule has 1 saturated heterocycles. The number of aromatic nitrogens is 1. The molecule has 0 radical (unpaired) electrons. The van der Waals surface area contributed by atoms with E-state index in [2.05, 4.69) is 48.5 Å². The average Bonchev–Trinajstić information content (AvgIpc) is 2.38. The van der Waals surface area contributed by atoms with Crippen LogP contribution in [0.2, 0.25) is 0 Å². The monoisotopic (exact) mass is 247 g/mol. The molecule has 3 nitrogen and oxygen atoms in total. The van der Waals surface area contributed by atoms with E-state index < -0.39 is 0 Å². The van der Waals surface area contributed by atoms with Crippen molar-refractivity contribution in [2.24, 2.45) is 0 Å². The van der Waals surface area contributed by atoms with Gasteiger partial charge in [0.25, 0.3) is 0 Å². The van der Waals surface area contributed by atoms with E-state index in [9.17, 15) is 0 Å². The first-order chi connectivity index (χ1) is 8.61. The molecule has 0 aliphatic carbocycles. The molecular weight excluding hydrogens is 222 g/mol. The standard InChI is InChI=1S/C15H25N3/c1-5-17-6-8-18(9-7-17)15-13(4)10-14(11-16-15)12(2)3/h10-12H,5-9H2,1-4H3. The predicted molar refractivity (Wildman–Crippen MR) is 77.4 cm³/mol. The van der Waals surface area contributed by atoms with Gasteiger partial charge in [0.05, 0.1) is 0 Å². The molecule has 100 valence electrons. The Morgan fingerprint density at radius 3 is 2.39 bits per heavy atom. The highest BCUT2D eigenvalue weighted by molar-refractivity contribution is 5.48. The number of hydrogen-bond donors (Lipinski definition) is 0. The van der Waals surface area contributed by atoms with Gasteiger partial charge >= 0.3 is 0 Å². The Hall–Kier alpha value is -1.09. The maximum atomic E-state index is 4.68. The van der Waals surface area contributed by atoms with Crippen LogP contribution in [0.1, 0.15) is 37.8 Å². The van der Waals surface area contributed by atoms with E-state index in [1.807, 2.05) is 6.20 Å². The first-order valence-electron chi connectivity index (χ1n) is 7.05. The molecule has 2 heterocycles. The molecule has 1 aliphatic rings. The summed E-state index contributed by atoms with van der Waals surface area (Å²) in [6.45, 7) is 14.5. The van der Waals surface area contributed by atoms with Gasteiger partial charge in [0.15, 0.2) is 0 Å². The lowest BCUT2D eigenvalue weighted by Gasteiger charge is -2.35. The van der Waals surface area contributed by atoms with Crippen molar-refractivity contribution in [2.45, 2.75) is 33.6 Å². The van der Waals surface area contributed by atoms with E-state index in [1.54, 1.807) is 0 Å². The molecule has 1 fully saturated rings. The molecule has 0 aromatic carbocycles. The van der Waals surface area contributed by atoms with Crippen LogP contribution in [-0.4, -0.2) is 42.6 Å². The van der Waals surface area contributed by atoms with Crippen LogP contribution in [0.5, 0.6) is 0 Å². The van der Waals surface area contributed by atoms with Gasteiger partial charge in [0.2, 0.25) is 0 Å². The van der Waals surface area contributed by atoms with Gasteiger partial charge in [-0.15, -0.1) is 0 Å². The van der Waals surface area contributed by atoms with Crippen LogP contribution in [0.4, 0.5) is 5.82 Å². The molecule has 0 unspecified atom stereocenters. The maximum Gasteiger partial charge on any atom is 0.131 e. The Morgan fingerprint density at radius 1 is 1.22 bits per heavy atom. The van der Waals surface area contributed by atoms with Crippen LogP contribution >= 0.6 is 0 Å². The van der Waals surface area contributed by atoms with Crippen LogP contribution in [0.15, 0.2) is 12.3 Å². The van der Waals surface area contributed by atoms with Gasteiger partial charge in [-0.25, -0.2) is 4.98 Å². The maximum absolute atomic E-state index is 4.68. The molecule has 0 bridgehead atoms. The van der Waals surface area contributed by atoms with E-state index in [4.69, 9.17) is 0 Å². The number of likely N-dealkylation sites (N-methyl/N-ethyl adjacent to an activating group) is 1. The van der Waals surface area contributed by atoms with Crippen molar-refractivity contribution >= 4 is 5.82 Å². The molecule has 1 aromatic heterocycles. The van der Waals surface area contributed by atoms with Gasteiger partial charge in [-0.05, 0) is 30.5 Å². The van der Waals surface area contributed by atoms with Crippen molar-refractivity contribution in [3.8, 4) is 0 Å². The number of pyridine rings is 1. The number of aryl methyl sites for hydroxylation is 1. The molecule has 18 heavy (non-hydrogen) atoms. The Morgan fingerprint density at radius 2 is 1.89 bits per heavy atom. The summed E-state index contributed by atoms with van der Waals surface area (Å²) in [5, 5.41) is 0. The summed E-state index contributed by atoms with van der Waals surface area (Å²) < 4.78 is 0. The van der Waals surface area contributed by atoms with Gasteiger partial charge in [-0.1, -0.05) is 26.8 Å². The largest absolute Gasteiger partial charge is 0.354 e. The van der Waals surface area contributed by atoms with Crippen LogP contribution < -0.4 is 4.90 Å². The fraction of sp³-hybridized carbons (Fsp3) is 0.667. The number of nitrogens with zero attached hydrogens (tertiary/aromatic N) is 3. The molecule has 0 N–H and O–H groups in total. The number of hydrogen-bond acceptors (Lipinski definition) is 3. The predicted octanol–water partition coefficient (Wildman–Crippen LogP) is 2.66. The van der Waals surface area contributed by atoms with Crippen molar-refractivity contribution in [2.75, 3.05) is 37.6 Å². The van der Waals surface area contributed by atoms with E-state index in [1.165, 1.54) is 16.9 Å². The third kappa shape index (κ3) is 2.83. The second-order valence-electron chi connectivity index (χ2n) is 5.49. The summed E-state index contributed by atoms with van der Waals surface area (Å²) >= 11 is 0. The molecular formula is C15H25N3. The summed E-state index contributed by atoms with van der Waals surface area (Å²) in [4.78, 5) is 9.60. The SMILES string of the molecule is CCN1CCN(c2ncc(C(C)C)cc2C)CC1. The second-order valence-corrected chi connectivity index (χ2v) is 5.49. The van der Waals surface area contributed by atoms with Crippen molar-refractivity contribution in [1.29, 1.82) is 0 Å². The van der Waals surface area contributed by atoms with E-state index in [0.29, 0.717) is 5.92 Å². The Bertz CT molecular complexity index is 393. The molecule has 0 amide bonds. The number of piperazine rings is 1. The molecule has 1 aliphatic heterocycles. The highest BCUT2D eigenvalue weighted by Crippen LogP contribution is 2.22. The highest BCUT2D eigenvalue weighted by atomic mass is 15.3. The lowest BCUT2D eigenvalue weighted by atomic mass is 10.0. The second kappa shape index (κ2) is 5.70. The smallest absolute Gasteiger partial charge is 0.131 e. The number of anilines is 1. The van der Waals surface area contributed by atoms with Gasteiger partial charge in [-0.3, -0.25) is 0 Å². The van der Waals surface area contributed by atoms with Gasteiger partial charge in [0.1, 0.15) is 5.82 Å². The molecule has 1 aromatic rings. The zero-order chi connectivity index (χ0) is 13.1. The van der Waals surface area contributed by atoms with Crippen LogP contribution in [0.25, 0.3) is 0 Å².